The third kappa shape index (κ3) is 3.34. The molecular formula is C14H21N3O3S. The lowest BCUT2D eigenvalue weighted by molar-refractivity contribution is -0.148. The molecule has 2 rings (SSSR count). The maximum Gasteiger partial charge on any atom is 0.329 e. The second-order valence-electron chi connectivity index (χ2n) is 5.25. The summed E-state index contributed by atoms with van der Waals surface area (Å²) in [4.78, 5) is 29.6. The molecule has 21 heavy (non-hydrogen) atoms. The molecule has 7 heteroatoms. The number of carboxylic acid groups (broad SMARTS) is 1. The van der Waals surface area contributed by atoms with Crippen molar-refractivity contribution in [2.45, 2.75) is 44.6 Å². The van der Waals surface area contributed by atoms with Gasteiger partial charge < -0.3 is 15.3 Å². The van der Waals surface area contributed by atoms with Gasteiger partial charge in [-0.15, -0.1) is 11.3 Å². The summed E-state index contributed by atoms with van der Waals surface area (Å²) < 4.78 is 0. The van der Waals surface area contributed by atoms with Crippen LogP contribution in [0.5, 0.6) is 0 Å². The van der Waals surface area contributed by atoms with Crippen molar-refractivity contribution in [2.24, 2.45) is 0 Å². The van der Waals surface area contributed by atoms with Crippen LogP contribution in [0.2, 0.25) is 0 Å². The molecule has 0 aliphatic carbocycles. The van der Waals surface area contributed by atoms with E-state index in [1.165, 1.54) is 4.90 Å². The minimum absolute atomic E-state index is 0.278. The largest absolute Gasteiger partial charge is 0.479 e. The van der Waals surface area contributed by atoms with E-state index in [1.807, 2.05) is 12.3 Å². The zero-order valence-electron chi connectivity index (χ0n) is 12.2. The number of carbonyl (C=O) groups excluding carboxylic acids is 1. The lowest BCUT2D eigenvalue weighted by Gasteiger charge is -2.34. The van der Waals surface area contributed by atoms with E-state index >= 15 is 0 Å². The predicted molar refractivity (Wildman–Crippen MR) is 80.4 cm³/mol. The molecule has 116 valence electrons. The van der Waals surface area contributed by atoms with E-state index in [-0.39, 0.29) is 6.03 Å². The van der Waals surface area contributed by atoms with Gasteiger partial charge in [0.2, 0.25) is 0 Å². The van der Waals surface area contributed by atoms with Crippen LogP contribution >= 0.6 is 11.3 Å². The fourth-order valence-corrected chi connectivity index (χ4v) is 3.55. The number of likely N-dealkylation sites (tertiary alicyclic amines) is 1. The molecule has 0 aromatic carbocycles. The van der Waals surface area contributed by atoms with Crippen LogP contribution in [0, 0.1) is 0 Å². The Hall–Kier alpha value is -1.63. The van der Waals surface area contributed by atoms with Crippen LogP contribution in [0.4, 0.5) is 4.79 Å². The number of nitrogens with zero attached hydrogens (tertiary/aromatic N) is 2. The van der Waals surface area contributed by atoms with Gasteiger partial charge in [0.05, 0.1) is 5.01 Å². The number of urea groups is 1. The molecule has 1 unspecified atom stereocenters. The summed E-state index contributed by atoms with van der Waals surface area (Å²) in [7, 11) is 0. The Balaban J connectivity index is 1.95. The predicted octanol–water partition coefficient (Wildman–Crippen LogP) is 2.11. The molecule has 1 fully saturated rings. The highest BCUT2D eigenvalue weighted by molar-refractivity contribution is 7.09. The standard InChI is InChI=1S/C14H21N3O3S/c1-2-5-14(12(18)19)6-3-9-17(14)13(20)16-7-4-11-15-8-10-21-11/h8,10H,2-7,9H2,1H3,(H,16,20)(H,18,19). The van der Waals surface area contributed by atoms with Gasteiger partial charge in [-0.3, -0.25) is 0 Å². The first-order chi connectivity index (χ1) is 10.1. The van der Waals surface area contributed by atoms with Gasteiger partial charge in [-0.05, 0) is 19.3 Å². The fourth-order valence-electron chi connectivity index (χ4n) is 2.93. The Morgan fingerprint density at radius 1 is 1.57 bits per heavy atom. The van der Waals surface area contributed by atoms with E-state index in [1.54, 1.807) is 17.5 Å². The number of thiazole rings is 1. The highest BCUT2D eigenvalue weighted by Crippen LogP contribution is 2.34. The van der Waals surface area contributed by atoms with Gasteiger partial charge in [0.1, 0.15) is 5.54 Å². The van der Waals surface area contributed by atoms with Crippen molar-refractivity contribution in [3.05, 3.63) is 16.6 Å². The number of aliphatic carboxylic acids is 1. The molecule has 1 atom stereocenters. The minimum Gasteiger partial charge on any atom is -0.479 e. The summed E-state index contributed by atoms with van der Waals surface area (Å²) in [6, 6.07) is -0.278. The molecule has 6 nitrogen and oxygen atoms in total. The second-order valence-corrected chi connectivity index (χ2v) is 6.23. The van der Waals surface area contributed by atoms with Gasteiger partial charge >= 0.3 is 12.0 Å². The van der Waals surface area contributed by atoms with E-state index in [4.69, 9.17) is 0 Å². The average molecular weight is 311 g/mol. The Morgan fingerprint density at radius 2 is 2.38 bits per heavy atom. The highest BCUT2D eigenvalue weighted by Gasteiger charge is 2.49. The monoisotopic (exact) mass is 311 g/mol. The van der Waals surface area contributed by atoms with Gasteiger partial charge in [0.25, 0.3) is 0 Å². The van der Waals surface area contributed by atoms with Gasteiger partial charge in [0.15, 0.2) is 0 Å². The first-order valence-corrected chi connectivity index (χ1v) is 8.15. The number of nitrogens with one attached hydrogen (secondary N) is 1. The van der Waals surface area contributed by atoms with Crippen molar-refractivity contribution >= 4 is 23.3 Å². The van der Waals surface area contributed by atoms with Crippen molar-refractivity contribution < 1.29 is 14.7 Å². The first kappa shape index (κ1) is 15.8. The number of rotatable bonds is 6. The smallest absolute Gasteiger partial charge is 0.329 e. The summed E-state index contributed by atoms with van der Waals surface area (Å²) in [6.45, 7) is 2.93. The summed E-state index contributed by atoms with van der Waals surface area (Å²) in [5, 5.41) is 15.2. The molecule has 0 bridgehead atoms. The molecule has 2 amide bonds. The first-order valence-electron chi connectivity index (χ1n) is 7.27. The highest BCUT2D eigenvalue weighted by atomic mass is 32.1. The van der Waals surface area contributed by atoms with Crippen molar-refractivity contribution in [1.82, 2.24) is 15.2 Å². The molecule has 0 saturated carbocycles. The van der Waals surface area contributed by atoms with Crippen LogP contribution in [-0.4, -0.2) is 45.6 Å². The molecule has 1 saturated heterocycles. The molecule has 1 aliphatic heterocycles. The zero-order valence-corrected chi connectivity index (χ0v) is 13.0. The molecule has 1 aromatic heterocycles. The molecule has 2 heterocycles. The van der Waals surface area contributed by atoms with Crippen LogP contribution in [0.1, 0.15) is 37.6 Å². The Bertz CT molecular complexity index is 492. The maximum atomic E-state index is 12.3. The van der Waals surface area contributed by atoms with E-state index in [9.17, 15) is 14.7 Å². The van der Waals surface area contributed by atoms with Crippen molar-refractivity contribution in [1.29, 1.82) is 0 Å². The van der Waals surface area contributed by atoms with E-state index in [2.05, 4.69) is 10.3 Å². The normalized spacial score (nSPS) is 21.5. The van der Waals surface area contributed by atoms with Gasteiger partial charge in [0, 0.05) is 31.1 Å². The summed E-state index contributed by atoms with van der Waals surface area (Å²) in [5.41, 5.74) is -1.03. The van der Waals surface area contributed by atoms with Gasteiger partial charge in [-0.1, -0.05) is 13.3 Å². The molecule has 2 N–H and O–H groups in total. The Kier molecular flexibility index (Phi) is 5.17. The number of amides is 2. The number of aromatic nitrogens is 1. The van der Waals surface area contributed by atoms with Crippen molar-refractivity contribution in [3.63, 3.8) is 0 Å². The van der Waals surface area contributed by atoms with E-state index < -0.39 is 11.5 Å². The molecular weight excluding hydrogens is 290 g/mol. The summed E-state index contributed by atoms with van der Waals surface area (Å²) in [6.07, 6.45) is 4.93. The quantitative estimate of drug-likeness (QED) is 0.843. The average Bonchev–Trinajstić information content (AvgIpc) is 3.08. The lowest BCUT2D eigenvalue weighted by atomic mass is 9.91. The molecule has 1 aliphatic rings. The number of carboxylic acids is 1. The van der Waals surface area contributed by atoms with E-state index in [0.29, 0.717) is 32.4 Å². The SMILES string of the molecule is CCCC1(C(=O)O)CCCN1C(=O)NCCc1nccs1. The van der Waals surface area contributed by atoms with Gasteiger partial charge in [-0.25, -0.2) is 14.6 Å². The van der Waals surface area contributed by atoms with Crippen LogP contribution < -0.4 is 5.32 Å². The summed E-state index contributed by atoms with van der Waals surface area (Å²) >= 11 is 1.55. The van der Waals surface area contributed by atoms with Crippen molar-refractivity contribution in [3.8, 4) is 0 Å². The molecule has 0 radical (unpaired) electrons. The molecule has 0 spiro atoms. The van der Waals surface area contributed by atoms with Crippen molar-refractivity contribution in [2.75, 3.05) is 13.1 Å². The second kappa shape index (κ2) is 6.89. The molecule has 1 aromatic rings. The minimum atomic E-state index is -1.03. The number of hydrogen-bond donors (Lipinski definition) is 2. The van der Waals surface area contributed by atoms with Crippen LogP contribution in [0.3, 0.4) is 0 Å². The Morgan fingerprint density at radius 3 is 3.00 bits per heavy atom. The van der Waals surface area contributed by atoms with Crippen LogP contribution in [-0.2, 0) is 11.2 Å². The number of carbonyl (C=O) groups is 2. The van der Waals surface area contributed by atoms with Crippen LogP contribution in [0.25, 0.3) is 0 Å². The Labute approximate surface area is 128 Å². The zero-order chi connectivity index (χ0) is 15.3. The lowest BCUT2D eigenvalue weighted by Crippen LogP contribution is -2.56. The fraction of sp³-hybridized carbons (Fsp3) is 0.643. The summed E-state index contributed by atoms with van der Waals surface area (Å²) in [5.74, 6) is -0.892. The van der Waals surface area contributed by atoms with E-state index in [0.717, 1.165) is 17.8 Å². The third-order valence-electron chi connectivity index (χ3n) is 3.89. The number of hydrogen-bond acceptors (Lipinski definition) is 4. The van der Waals surface area contributed by atoms with Crippen LogP contribution in [0.15, 0.2) is 11.6 Å². The maximum absolute atomic E-state index is 12.3. The topological polar surface area (TPSA) is 82.5 Å². The van der Waals surface area contributed by atoms with Gasteiger partial charge in [-0.2, -0.15) is 0 Å². The third-order valence-corrected chi connectivity index (χ3v) is 4.73.